The Hall–Kier alpha value is -1.58. The Labute approximate surface area is 83.0 Å². The Bertz CT molecular complexity index is 330. The van der Waals surface area contributed by atoms with Gasteiger partial charge in [0.2, 0.25) is 0 Å². The van der Waals surface area contributed by atoms with Crippen molar-refractivity contribution in [3.63, 3.8) is 0 Å². The summed E-state index contributed by atoms with van der Waals surface area (Å²) in [4.78, 5) is 14.9. The van der Waals surface area contributed by atoms with Crippen LogP contribution >= 0.6 is 0 Å². The number of aliphatic carboxylic acids is 1. The molecular formula is C10H14N2O2. The van der Waals surface area contributed by atoms with Gasteiger partial charge in [0, 0.05) is 5.69 Å². The van der Waals surface area contributed by atoms with Crippen molar-refractivity contribution in [2.24, 2.45) is 0 Å². The molecule has 0 saturated heterocycles. The van der Waals surface area contributed by atoms with Gasteiger partial charge >= 0.3 is 5.97 Å². The highest BCUT2D eigenvalue weighted by Gasteiger charge is 2.26. The number of rotatable bonds is 3. The lowest BCUT2D eigenvalue weighted by Crippen LogP contribution is -2.39. The fourth-order valence-electron chi connectivity index (χ4n) is 0.956. The molecule has 0 radical (unpaired) electrons. The van der Waals surface area contributed by atoms with Crippen molar-refractivity contribution in [2.45, 2.75) is 26.3 Å². The molecule has 0 aliphatic heterocycles. The van der Waals surface area contributed by atoms with E-state index in [9.17, 15) is 4.79 Å². The van der Waals surface area contributed by atoms with Gasteiger partial charge in [0.25, 0.3) is 0 Å². The van der Waals surface area contributed by atoms with Crippen LogP contribution in [0.4, 0.5) is 5.69 Å². The quantitative estimate of drug-likeness (QED) is 0.768. The minimum Gasteiger partial charge on any atom is -0.480 e. The molecule has 0 atom stereocenters. The van der Waals surface area contributed by atoms with Crippen molar-refractivity contribution in [3.8, 4) is 0 Å². The second-order valence-electron chi connectivity index (χ2n) is 3.74. The minimum absolute atomic E-state index is 0.711. The van der Waals surface area contributed by atoms with Gasteiger partial charge in [0.1, 0.15) is 5.54 Å². The number of anilines is 1. The standard InChI is InChI=1S/C10H14N2O2/c1-7-4-5-8(6-11-7)12-10(2,3)9(13)14/h4-6,12H,1-3H3,(H,13,14). The van der Waals surface area contributed by atoms with E-state index in [1.807, 2.05) is 19.1 Å². The molecule has 0 aliphatic rings. The molecule has 0 bridgehead atoms. The van der Waals surface area contributed by atoms with Gasteiger partial charge in [0.15, 0.2) is 0 Å². The molecule has 0 aromatic carbocycles. The zero-order valence-electron chi connectivity index (χ0n) is 8.53. The maximum absolute atomic E-state index is 10.8. The molecule has 0 spiro atoms. The van der Waals surface area contributed by atoms with Gasteiger partial charge in [0.05, 0.1) is 11.9 Å². The van der Waals surface area contributed by atoms with Crippen LogP contribution in [0.5, 0.6) is 0 Å². The molecular weight excluding hydrogens is 180 g/mol. The zero-order valence-corrected chi connectivity index (χ0v) is 8.53. The van der Waals surface area contributed by atoms with E-state index in [0.717, 1.165) is 5.69 Å². The highest BCUT2D eigenvalue weighted by molar-refractivity contribution is 5.81. The lowest BCUT2D eigenvalue weighted by Gasteiger charge is -2.22. The molecule has 1 aromatic rings. The van der Waals surface area contributed by atoms with Crippen molar-refractivity contribution in [1.82, 2.24) is 4.98 Å². The van der Waals surface area contributed by atoms with Crippen molar-refractivity contribution >= 4 is 11.7 Å². The third-order valence-corrected chi connectivity index (χ3v) is 1.90. The third kappa shape index (κ3) is 2.45. The van der Waals surface area contributed by atoms with Crippen LogP contribution in [0.3, 0.4) is 0 Å². The molecule has 76 valence electrons. The summed E-state index contributed by atoms with van der Waals surface area (Å²) >= 11 is 0. The van der Waals surface area contributed by atoms with E-state index in [-0.39, 0.29) is 0 Å². The molecule has 1 rings (SSSR count). The lowest BCUT2D eigenvalue weighted by atomic mass is 10.1. The summed E-state index contributed by atoms with van der Waals surface area (Å²) in [6.45, 7) is 5.09. The summed E-state index contributed by atoms with van der Waals surface area (Å²) in [7, 11) is 0. The number of pyridine rings is 1. The van der Waals surface area contributed by atoms with Gasteiger partial charge in [-0.1, -0.05) is 0 Å². The Balaban J connectivity index is 2.79. The van der Waals surface area contributed by atoms with Gasteiger partial charge in [-0.05, 0) is 32.9 Å². The number of carbonyl (C=O) groups is 1. The fourth-order valence-corrected chi connectivity index (χ4v) is 0.956. The Morgan fingerprint density at radius 1 is 1.50 bits per heavy atom. The molecule has 1 aromatic heterocycles. The van der Waals surface area contributed by atoms with E-state index in [0.29, 0.717) is 5.69 Å². The number of nitrogens with one attached hydrogen (secondary N) is 1. The van der Waals surface area contributed by atoms with Crippen LogP contribution in [0.15, 0.2) is 18.3 Å². The molecule has 0 aliphatic carbocycles. The molecule has 2 N–H and O–H groups in total. The van der Waals surface area contributed by atoms with E-state index in [1.165, 1.54) is 0 Å². The van der Waals surface area contributed by atoms with Crippen molar-refractivity contribution in [3.05, 3.63) is 24.0 Å². The Kier molecular flexibility index (Phi) is 2.74. The number of aryl methyl sites for hydroxylation is 1. The number of carboxylic acid groups (broad SMARTS) is 1. The van der Waals surface area contributed by atoms with Crippen molar-refractivity contribution in [1.29, 1.82) is 0 Å². The third-order valence-electron chi connectivity index (χ3n) is 1.90. The second kappa shape index (κ2) is 3.65. The van der Waals surface area contributed by atoms with Crippen LogP contribution in [0.25, 0.3) is 0 Å². The van der Waals surface area contributed by atoms with Crippen molar-refractivity contribution in [2.75, 3.05) is 5.32 Å². The van der Waals surface area contributed by atoms with E-state index in [1.54, 1.807) is 20.0 Å². The maximum Gasteiger partial charge on any atom is 0.328 e. The van der Waals surface area contributed by atoms with Gasteiger partial charge in [-0.15, -0.1) is 0 Å². The van der Waals surface area contributed by atoms with E-state index in [4.69, 9.17) is 5.11 Å². The van der Waals surface area contributed by atoms with Gasteiger partial charge in [-0.25, -0.2) is 4.79 Å². The van der Waals surface area contributed by atoms with Gasteiger partial charge in [-0.2, -0.15) is 0 Å². The fraction of sp³-hybridized carbons (Fsp3) is 0.400. The van der Waals surface area contributed by atoms with Crippen molar-refractivity contribution < 1.29 is 9.90 Å². The number of nitrogens with zero attached hydrogens (tertiary/aromatic N) is 1. The minimum atomic E-state index is -0.975. The van der Waals surface area contributed by atoms with Crippen LogP contribution in [0, 0.1) is 6.92 Å². The largest absolute Gasteiger partial charge is 0.480 e. The first kappa shape index (κ1) is 10.5. The summed E-state index contributed by atoms with van der Waals surface area (Å²) in [6, 6.07) is 3.65. The van der Waals surface area contributed by atoms with E-state index in [2.05, 4.69) is 10.3 Å². The van der Waals surface area contributed by atoms with E-state index < -0.39 is 11.5 Å². The second-order valence-corrected chi connectivity index (χ2v) is 3.74. The van der Waals surface area contributed by atoms with E-state index >= 15 is 0 Å². The first-order chi connectivity index (χ1) is 6.42. The summed E-state index contributed by atoms with van der Waals surface area (Å²) in [5.74, 6) is -0.891. The molecule has 0 saturated carbocycles. The van der Waals surface area contributed by atoms with Gasteiger partial charge < -0.3 is 10.4 Å². The average molecular weight is 194 g/mol. The average Bonchev–Trinajstić information content (AvgIpc) is 2.08. The Morgan fingerprint density at radius 2 is 2.14 bits per heavy atom. The molecule has 4 heteroatoms. The van der Waals surface area contributed by atoms with Crippen LogP contribution < -0.4 is 5.32 Å². The predicted octanol–water partition coefficient (Wildman–Crippen LogP) is 1.67. The first-order valence-corrected chi connectivity index (χ1v) is 4.36. The van der Waals surface area contributed by atoms with Crippen LogP contribution in [-0.2, 0) is 4.79 Å². The van der Waals surface area contributed by atoms with Crippen LogP contribution in [0.1, 0.15) is 19.5 Å². The summed E-state index contributed by atoms with van der Waals surface area (Å²) in [5.41, 5.74) is 0.642. The number of hydrogen-bond acceptors (Lipinski definition) is 3. The van der Waals surface area contributed by atoms with Gasteiger partial charge in [-0.3, -0.25) is 4.98 Å². The normalized spacial score (nSPS) is 11.1. The first-order valence-electron chi connectivity index (χ1n) is 4.36. The molecule has 0 amide bonds. The molecule has 14 heavy (non-hydrogen) atoms. The number of hydrogen-bond donors (Lipinski definition) is 2. The molecule has 0 fully saturated rings. The monoisotopic (exact) mass is 194 g/mol. The SMILES string of the molecule is Cc1ccc(NC(C)(C)C(=O)O)cn1. The predicted molar refractivity (Wildman–Crippen MR) is 54.3 cm³/mol. The van der Waals surface area contributed by atoms with Crippen LogP contribution in [-0.4, -0.2) is 21.6 Å². The highest BCUT2D eigenvalue weighted by Crippen LogP contribution is 2.14. The summed E-state index contributed by atoms with van der Waals surface area (Å²) in [6.07, 6.45) is 1.63. The maximum atomic E-state index is 10.8. The molecule has 4 nitrogen and oxygen atoms in total. The number of carboxylic acids is 1. The van der Waals surface area contributed by atoms with Crippen LogP contribution in [0.2, 0.25) is 0 Å². The summed E-state index contributed by atoms with van der Waals surface area (Å²) < 4.78 is 0. The molecule has 0 unspecified atom stereocenters. The zero-order chi connectivity index (χ0) is 10.8. The molecule has 1 heterocycles. The lowest BCUT2D eigenvalue weighted by molar-refractivity contribution is -0.141. The number of aromatic nitrogens is 1. The topological polar surface area (TPSA) is 62.2 Å². The smallest absolute Gasteiger partial charge is 0.328 e. The Morgan fingerprint density at radius 3 is 2.57 bits per heavy atom. The summed E-state index contributed by atoms with van der Waals surface area (Å²) in [5, 5.41) is 11.8. The highest BCUT2D eigenvalue weighted by atomic mass is 16.4.